The highest BCUT2D eigenvalue weighted by Crippen LogP contribution is 2.30. The average Bonchev–Trinajstić information content (AvgIpc) is 2.99. The molecule has 0 spiro atoms. The zero-order chi connectivity index (χ0) is 15.5. The summed E-state index contributed by atoms with van der Waals surface area (Å²) in [6.07, 6.45) is 7.44. The minimum absolute atomic E-state index is 0.0750. The number of methoxy groups -OCH3 is 1. The van der Waals surface area contributed by atoms with Crippen molar-refractivity contribution < 1.29 is 9.53 Å². The van der Waals surface area contributed by atoms with E-state index < -0.39 is 0 Å². The summed E-state index contributed by atoms with van der Waals surface area (Å²) in [5.74, 6) is 1.54. The van der Waals surface area contributed by atoms with Crippen LogP contribution in [0.1, 0.15) is 29.6 Å². The summed E-state index contributed by atoms with van der Waals surface area (Å²) in [6.45, 7) is 0.849. The highest BCUT2D eigenvalue weighted by atomic mass is 16.5. The molecule has 2 aromatic rings. The topological polar surface area (TPSA) is 45.3 Å². The predicted molar refractivity (Wildman–Crippen MR) is 87.1 cm³/mol. The maximum Gasteiger partial charge on any atom is 0.255 e. The van der Waals surface area contributed by atoms with Gasteiger partial charge in [0.2, 0.25) is 0 Å². The normalized spacial score (nSPS) is 14.5. The Bertz CT molecular complexity index is 659. The largest absolute Gasteiger partial charge is 0.497 e. The number of amides is 1. The third-order valence-corrected chi connectivity index (χ3v) is 4.46. The molecule has 1 aromatic heterocycles. The Morgan fingerprint density at radius 3 is 2.86 bits per heavy atom. The van der Waals surface area contributed by atoms with Crippen LogP contribution in [0.25, 0.3) is 11.1 Å². The van der Waals surface area contributed by atoms with Crippen LogP contribution in [0.4, 0.5) is 0 Å². The zero-order valence-corrected chi connectivity index (χ0v) is 13.1. The standard InChI is InChI=1S/C18H22N2O2/c1-20(12-13-5-3-6-13)18(21)17-11-19-10-16(17)14-7-4-8-15(9-14)22-2/h4,7-11,13,19H,3,5-6,12H2,1-2H3. The van der Waals surface area contributed by atoms with Crippen LogP contribution in [0, 0.1) is 5.92 Å². The Morgan fingerprint density at radius 1 is 1.36 bits per heavy atom. The molecular weight excluding hydrogens is 276 g/mol. The fraction of sp³-hybridized carbons (Fsp3) is 0.389. The minimum atomic E-state index is 0.0750. The minimum Gasteiger partial charge on any atom is -0.497 e. The van der Waals surface area contributed by atoms with Crippen LogP contribution in [0.2, 0.25) is 0 Å². The van der Waals surface area contributed by atoms with E-state index in [9.17, 15) is 4.79 Å². The number of ether oxygens (including phenoxy) is 1. The Balaban J connectivity index is 1.82. The molecule has 0 radical (unpaired) electrons. The second-order valence-corrected chi connectivity index (χ2v) is 6.00. The molecule has 1 N–H and O–H groups in total. The average molecular weight is 298 g/mol. The van der Waals surface area contributed by atoms with Gasteiger partial charge in [-0.2, -0.15) is 0 Å². The molecule has 1 saturated carbocycles. The number of aromatic nitrogens is 1. The lowest BCUT2D eigenvalue weighted by molar-refractivity contribution is 0.0746. The highest BCUT2D eigenvalue weighted by Gasteiger charge is 2.24. The van der Waals surface area contributed by atoms with E-state index in [-0.39, 0.29) is 5.91 Å². The maximum absolute atomic E-state index is 12.7. The molecule has 1 amide bonds. The number of nitrogens with zero attached hydrogens (tertiary/aromatic N) is 1. The SMILES string of the molecule is COc1cccc(-c2c[nH]cc2C(=O)N(C)CC2CCC2)c1. The molecule has 0 unspecified atom stereocenters. The molecule has 1 heterocycles. The van der Waals surface area contributed by atoms with Gasteiger partial charge in [0.25, 0.3) is 5.91 Å². The van der Waals surface area contributed by atoms with Gasteiger partial charge in [-0.3, -0.25) is 4.79 Å². The summed E-state index contributed by atoms with van der Waals surface area (Å²) in [5.41, 5.74) is 2.63. The number of aromatic amines is 1. The molecule has 3 rings (SSSR count). The maximum atomic E-state index is 12.7. The Hall–Kier alpha value is -2.23. The Labute approximate surface area is 131 Å². The van der Waals surface area contributed by atoms with Gasteiger partial charge in [-0.05, 0) is 36.5 Å². The molecule has 0 bridgehead atoms. The summed E-state index contributed by atoms with van der Waals surface area (Å²) >= 11 is 0. The lowest BCUT2D eigenvalue weighted by atomic mass is 9.85. The molecule has 116 valence electrons. The van der Waals surface area contributed by atoms with Crippen molar-refractivity contribution >= 4 is 5.91 Å². The number of carbonyl (C=O) groups excluding carboxylic acids is 1. The van der Waals surface area contributed by atoms with E-state index in [4.69, 9.17) is 4.74 Å². The highest BCUT2D eigenvalue weighted by molar-refractivity contribution is 6.00. The van der Waals surface area contributed by atoms with Crippen molar-refractivity contribution in [1.29, 1.82) is 0 Å². The lowest BCUT2D eigenvalue weighted by Crippen LogP contribution is -2.34. The first kappa shape index (κ1) is 14.7. The van der Waals surface area contributed by atoms with Crippen molar-refractivity contribution in [2.45, 2.75) is 19.3 Å². The summed E-state index contributed by atoms with van der Waals surface area (Å²) in [7, 11) is 3.54. The molecule has 1 aromatic carbocycles. The van der Waals surface area contributed by atoms with Gasteiger partial charge in [0, 0.05) is 31.5 Å². The van der Waals surface area contributed by atoms with Crippen LogP contribution in [0.5, 0.6) is 5.75 Å². The first-order valence-corrected chi connectivity index (χ1v) is 7.75. The number of rotatable bonds is 5. The molecule has 0 aliphatic heterocycles. The molecule has 1 fully saturated rings. The van der Waals surface area contributed by atoms with Crippen molar-refractivity contribution in [1.82, 2.24) is 9.88 Å². The summed E-state index contributed by atoms with van der Waals surface area (Å²) < 4.78 is 5.27. The second kappa shape index (κ2) is 6.26. The molecule has 1 aliphatic rings. The van der Waals surface area contributed by atoms with E-state index in [1.54, 1.807) is 13.3 Å². The first-order valence-electron chi connectivity index (χ1n) is 7.75. The van der Waals surface area contributed by atoms with Gasteiger partial charge in [0.15, 0.2) is 0 Å². The van der Waals surface area contributed by atoms with Crippen LogP contribution < -0.4 is 4.74 Å². The molecule has 0 saturated heterocycles. The summed E-state index contributed by atoms with van der Waals surface area (Å²) in [4.78, 5) is 17.6. The molecule has 4 heteroatoms. The van der Waals surface area contributed by atoms with E-state index in [1.807, 2.05) is 42.4 Å². The molecule has 0 atom stereocenters. The number of nitrogens with one attached hydrogen (secondary N) is 1. The molecule has 4 nitrogen and oxygen atoms in total. The quantitative estimate of drug-likeness (QED) is 0.917. The molecule has 22 heavy (non-hydrogen) atoms. The van der Waals surface area contributed by atoms with Crippen molar-refractivity contribution in [3.05, 3.63) is 42.2 Å². The third kappa shape index (κ3) is 2.86. The second-order valence-electron chi connectivity index (χ2n) is 6.00. The lowest BCUT2D eigenvalue weighted by Gasteiger charge is -2.30. The summed E-state index contributed by atoms with van der Waals surface area (Å²) in [5, 5.41) is 0. The Morgan fingerprint density at radius 2 is 2.18 bits per heavy atom. The molecule has 1 aliphatic carbocycles. The third-order valence-electron chi connectivity index (χ3n) is 4.46. The van der Waals surface area contributed by atoms with Crippen molar-refractivity contribution in [3.63, 3.8) is 0 Å². The van der Waals surface area contributed by atoms with Gasteiger partial charge < -0.3 is 14.6 Å². The smallest absolute Gasteiger partial charge is 0.255 e. The number of H-pyrrole nitrogens is 1. The van der Waals surface area contributed by atoms with Gasteiger partial charge in [-0.15, -0.1) is 0 Å². The molecular formula is C18H22N2O2. The van der Waals surface area contributed by atoms with Gasteiger partial charge in [-0.25, -0.2) is 0 Å². The van der Waals surface area contributed by atoms with Gasteiger partial charge in [-0.1, -0.05) is 18.6 Å². The zero-order valence-electron chi connectivity index (χ0n) is 13.1. The van der Waals surface area contributed by atoms with Crippen LogP contribution in [-0.4, -0.2) is 36.5 Å². The fourth-order valence-corrected chi connectivity index (χ4v) is 2.92. The fourth-order valence-electron chi connectivity index (χ4n) is 2.92. The van der Waals surface area contributed by atoms with Crippen LogP contribution in [0.15, 0.2) is 36.7 Å². The summed E-state index contributed by atoms with van der Waals surface area (Å²) in [6, 6.07) is 7.79. The van der Waals surface area contributed by atoms with Crippen molar-refractivity contribution in [3.8, 4) is 16.9 Å². The number of benzene rings is 1. The number of hydrogen-bond donors (Lipinski definition) is 1. The van der Waals surface area contributed by atoms with E-state index in [1.165, 1.54) is 19.3 Å². The number of hydrogen-bond acceptors (Lipinski definition) is 2. The van der Waals surface area contributed by atoms with Crippen LogP contribution in [0.3, 0.4) is 0 Å². The van der Waals surface area contributed by atoms with E-state index >= 15 is 0 Å². The van der Waals surface area contributed by atoms with Crippen molar-refractivity contribution in [2.75, 3.05) is 20.7 Å². The van der Waals surface area contributed by atoms with Crippen molar-refractivity contribution in [2.24, 2.45) is 5.92 Å². The number of carbonyl (C=O) groups is 1. The van der Waals surface area contributed by atoms with E-state index in [0.717, 1.165) is 29.0 Å². The monoisotopic (exact) mass is 298 g/mol. The van der Waals surface area contributed by atoms with Crippen LogP contribution >= 0.6 is 0 Å². The van der Waals surface area contributed by atoms with E-state index in [0.29, 0.717) is 5.92 Å². The van der Waals surface area contributed by atoms with Crippen LogP contribution in [-0.2, 0) is 0 Å². The Kier molecular flexibility index (Phi) is 4.18. The van der Waals surface area contributed by atoms with Gasteiger partial charge in [0.1, 0.15) is 5.75 Å². The first-order chi connectivity index (χ1) is 10.7. The van der Waals surface area contributed by atoms with Gasteiger partial charge in [0.05, 0.1) is 12.7 Å². The predicted octanol–water partition coefficient (Wildman–Crippen LogP) is 3.56. The van der Waals surface area contributed by atoms with E-state index in [2.05, 4.69) is 4.98 Å². The van der Waals surface area contributed by atoms with Gasteiger partial charge >= 0.3 is 0 Å².